The van der Waals surface area contributed by atoms with Gasteiger partial charge in [-0.15, -0.1) is 0 Å². The first-order valence-electron chi connectivity index (χ1n) is 8.75. The van der Waals surface area contributed by atoms with Gasteiger partial charge in [-0.3, -0.25) is 0 Å². The number of benzene rings is 1. The number of guanidine groups is 1. The van der Waals surface area contributed by atoms with E-state index in [2.05, 4.69) is 20.6 Å². The molecule has 0 saturated heterocycles. The van der Waals surface area contributed by atoms with E-state index >= 15 is 0 Å². The summed E-state index contributed by atoms with van der Waals surface area (Å²) in [4.78, 5) is 8.49. The van der Waals surface area contributed by atoms with Crippen molar-refractivity contribution in [1.82, 2.24) is 15.6 Å². The SMILES string of the molecule is CCNC(=NCc1ccc(Oc2ccc(OC)cc2)nc1)NCCC(F)(F)F. The number of aliphatic imine (C=N–C) groups is 1. The molecular formula is C19H23F3N4O2. The second kappa shape index (κ2) is 10.4. The second-order valence-corrected chi connectivity index (χ2v) is 5.77. The van der Waals surface area contributed by atoms with Crippen LogP contribution in [0.15, 0.2) is 47.6 Å². The number of aromatic nitrogens is 1. The maximum absolute atomic E-state index is 12.2. The van der Waals surface area contributed by atoms with E-state index < -0.39 is 12.6 Å². The lowest BCUT2D eigenvalue weighted by Crippen LogP contribution is -2.38. The van der Waals surface area contributed by atoms with Crippen LogP contribution in [0, 0.1) is 0 Å². The van der Waals surface area contributed by atoms with Gasteiger partial charge in [0.2, 0.25) is 5.88 Å². The van der Waals surface area contributed by atoms with Gasteiger partial charge in [0.25, 0.3) is 0 Å². The van der Waals surface area contributed by atoms with E-state index in [1.165, 1.54) is 0 Å². The van der Waals surface area contributed by atoms with Crippen molar-refractivity contribution in [2.24, 2.45) is 4.99 Å². The number of nitrogens with zero attached hydrogens (tertiary/aromatic N) is 2. The highest BCUT2D eigenvalue weighted by atomic mass is 19.4. The monoisotopic (exact) mass is 396 g/mol. The van der Waals surface area contributed by atoms with E-state index in [1.807, 2.05) is 6.92 Å². The first-order chi connectivity index (χ1) is 13.4. The fourth-order valence-electron chi connectivity index (χ4n) is 2.16. The van der Waals surface area contributed by atoms with Crippen LogP contribution in [0.25, 0.3) is 0 Å². The first kappa shape index (κ1) is 21.3. The van der Waals surface area contributed by atoms with E-state index in [1.54, 1.807) is 49.7 Å². The van der Waals surface area contributed by atoms with Crippen LogP contribution in [0.5, 0.6) is 17.4 Å². The lowest BCUT2D eigenvalue weighted by Gasteiger charge is -2.12. The number of alkyl halides is 3. The maximum atomic E-state index is 12.2. The average Bonchev–Trinajstić information content (AvgIpc) is 2.67. The average molecular weight is 396 g/mol. The molecule has 9 heteroatoms. The summed E-state index contributed by atoms with van der Waals surface area (Å²) in [6.45, 7) is 2.43. The molecule has 0 unspecified atom stereocenters. The van der Waals surface area contributed by atoms with Gasteiger partial charge in [-0.1, -0.05) is 6.07 Å². The number of pyridine rings is 1. The second-order valence-electron chi connectivity index (χ2n) is 5.77. The Balaban J connectivity index is 1.90. The normalized spacial score (nSPS) is 11.8. The molecule has 152 valence electrons. The molecule has 2 N–H and O–H groups in total. The van der Waals surface area contributed by atoms with Gasteiger partial charge < -0.3 is 20.1 Å². The van der Waals surface area contributed by atoms with Crippen LogP contribution < -0.4 is 20.1 Å². The number of methoxy groups -OCH3 is 1. The Bertz CT molecular complexity index is 747. The van der Waals surface area contributed by atoms with Gasteiger partial charge in [-0.25, -0.2) is 9.98 Å². The van der Waals surface area contributed by atoms with Crippen molar-refractivity contribution >= 4 is 5.96 Å². The predicted molar refractivity (Wildman–Crippen MR) is 101 cm³/mol. The minimum Gasteiger partial charge on any atom is -0.497 e. The van der Waals surface area contributed by atoms with Crippen molar-refractivity contribution in [1.29, 1.82) is 0 Å². The maximum Gasteiger partial charge on any atom is 0.390 e. The van der Waals surface area contributed by atoms with Gasteiger partial charge in [0, 0.05) is 25.4 Å². The van der Waals surface area contributed by atoms with E-state index in [0.717, 1.165) is 11.3 Å². The summed E-state index contributed by atoms with van der Waals surface area (Å²) >= 11 is 0. The Morgan fingerprint density at radius 2 is 1.79 bits per heavy atom. The molecule has 0 spiro atoms. The van der Waals surface area contributed by atoms with Crippen molar-refractivity contribution in [3.05, 3.63) is 48.2 Å². The van der Waals surface area contributed by atoms with Crippen molar-refractivity contribution in [2.75, 3.05) is 20.2 Å². The van der Waals surface area contributed by atoms with Crippen LogP contribution >= 0.6 is 0 Å². The zero-order valence-electron chi connectivity index (χ0n) is 15.7. The summed E-state index contributed by atoms with van der Waals surface area (Å²) in [7, 11) is 1.59. The highest BCUT2D eigenvalue weighted by molar-refractivity contribution is 5.79. The van der Waals surface area contributed by atoms with Crippen molar-refractivity contribution < 1.29 is 22.6 Å². The van der Waals surface area contributed by atoms with E-state index in [-0.39, 0.29) is 13.1 Å². The molecule has 1 aromatic heterocycles. The topological polar surface area (TPSA) is 67.8 Å². The Morgan fingerprint density at radius 3 is 2.36 bits per heavy atom. The highest BCUT2D eigenvalue weighted by Gasteiger charge is 2.26. The molecule has 1 aromatic carbocycles. The number of hydrogen-bond acceptors (Lipinski definition) is 4. The van der Waals surface area contributed by atoms with Crippen molar-refractivity contribution in [3.63, 3.8) is 0 Å². The Hall–Kier alpha value is -2.97. The molecule has 0 amide bonds. The third-order valence-electron chi connectivity index (χ3n) is 3.54. The highest BCUT2D eigenvalue weighted by Crippen LogP contribution is 2.22. The number of hydrogen-bond donors (Lipinski definition) is 2. The lowest BCUT2D eigenvalue weighted by molar-refractivity contribution is -0.132. The fraction of sp³-hybridized carbons (Fsp3) is 0.368. The zero-order chi connectivity index (χ0) is 20.4. The standard InChI is InChI=1S/C19H23F3N4O2/c1-3-23-18(24-11-10-19(20,21)22)26-13-14-4-9-17(25-12-14)28-16-7-5-15(27-2)6-8-16/h4-9,12H,3,10-11,13H2,1-2H3,(H2,23,24,26). The molecule has 0 aliphatic heterocycles. The lowest BCUT2D eigenvalue weighted by atomic mass is 10.3. The molecule has 0 saturated carbocycles. The van der Waals surface area contributed by atoms with Crippen LogP contribution in [-0.4, -0.2) is 37.3 Å². The fourth-order valence-corrected chi connectivity index (χ4v) is 2.16. The summed E-state index contributed by atoms with van der Waals surface area (Å²) in [5, 5.41) is 5.57. The number of halogens is 3. The molecule has 28 heavy (non-hydrogen) atoms. The smallest absolute Gasteiger partial charge is 0.390 e. The first-order valence-corrected chi connectivity index (χ1v) is 8.75. The van der Waals surface area contributed by atoms with Gasteiger partial charge in [-0.05, 0) is 36.8 Å². The number of ether oxygens (including phenoxy) is 2. The molecule has 0 aliphatic rings. The molecular weight excluding hydrogens is 373 g/mol. The Labute approximate surface area is 161 Å². The predicted octanol–water partition coefficient (Wildman–Crippen LogP) is 3.89. The molecule has 0 bridgehead atoms. The quantitative estimate of drug-likeness (QED) is 0.523. The molecule has 6 nitrogen and oxygen atoms in total. The molecule has 0 fully saturated rings. The summed E-state index contributed by atoms with van der Waals surface area (Å²) in [6.07, 6.45) is -3.51. The van der Waals surface area contributed by atoms with Gasteiger partial charge in [0.05, 0.1) is 20.1 Å². The van der Waals surface area contributed by atoms with E-state index in [4.69, 9.17) is 9.47 Å². The minimum absolute atomic E-state index is 0.234. The van der Waals surface area contributed by atoms with Crippen LogP contribution in [0.4, 0.5) is 13.2 Å². The van der Waals surface area contributed by atoms with Gasteiger partial charge in [0.15, 0.2) is 5.96 Å². The third kappa shape index (κ3) is 7.73. The minimum atomic E-state index is -4.20. The molecule has 0 atom stereocenters. The summed E-state index contributed by atoms with van der Waals surface area (Å²) in [6, 6.07) is 10.6. The zero-order valence-corrected chi connectivity index (χ0v) is 15.7. The number of nitrogens with one attached hydrogen (secondary N) is 2. The number of rotatable bonds is 8. The largest absolute Gasteiger partial charge is 0.497 e. The summed E-state index contributed by atoms with van der Waals surface area (Å²) in [5.41, 5.74) is 0.801. The van der Waals surface area contributed by atoms with Crippen LogP contribution in [-0.2, 0) is 6.54 Å². The molecule has 1 heterocycles. The Kier molecular flexibility index (Phi) is 7.91. The van der Waals surface area contributed by atoms with E-state index in [9.17, 15) is 13.2 Å². The van der Waals surface area contributed by atoms with Crippen LogP contribution in [0.2, 0.25) is 0 Å². The Morgan fingerprint density at radius 1 is 1.07 bits per heavy atom. The van der Waals surface area contributed by atoms with E-state index in [0.29, 0.717) is 24.1 Å². The molecule has 0 aliphatic carbocycles. The molecule has 2 rings (SSSR count). The van der Waals surface area contributed by atoms with Gasteiger partial charge in [-0.2, -0.15) is 13.2 Å². The summed E-state index contributed by atoms with van der Waals surface area (Å²) < 4.78 is 47.5. The molecule has 0 radical (unpaired) electrons. The van der Waals surface area contributed by atoms with Gasteiger partial charge >= 0.3 is 6.18 Å². The molecule has 2 aromatic rings. The third-order valence-corrected chi connectivity index (χ3v) is 3.54. The van der Waals surface area contributed by atoms with Crippen molar-refractivity contribution in [2.45, 2.75) is 26.1 Å². The summed E-state index contributed by atoms with van der Waals surface area (Å²) in [5.74, 6) is 2.11. The van der Waals surface area contributed by atoms with Gasteiger partial charge in [0.1, 0.15) is 11.5 Å². The van der Waals surface area contributed by atoms with Crippen LogP contribution in [0.3, 0.4) is 0 Å². The van der Waals surface area contributed by atoms with Crippen LogP contribution in [0.1, 0.15) is 18.9 Å². The van der Waals surface area contributed by atoms with Crippen molar-refractivity contribution in [3.8, 4) is 17.4 Å².